The second-order valence-electron chi connectivity index (χ2n) is 4.53. The van der Waals surface area contributed by atoms with Crippen LogP contribution in [0.1, 0.15) is 29.5 Å². The highest BCUT2D eigenvalue weighted by molar-refractivity contribution is 5.25. The van der Waals surface area contributed by atoms with Crippen LogP contribution in [0.25, 0.3) is 0 Å². The molecule has 1 atom stereocenters. The molecule has 2 aromatic rings. The molecule has 0 fully saturated rings. The van der Waals surface area contributed by atoms with Crippen molar-refractivity contribution in [3.63, 3.8) is 0 Å². The Morgan fingerprint density at radius 3 is 2.89 bits per heavy atom. The maximum absolute atomic E-state index is 13.6. The molecule has 0 saturated heterocycles. The maximum atomic E-state index is 13.6. The second kappa shape index (κ2) is 5.31. The molecule has 4 heteroatoms. The predicted molar refractivity (Wildman–Crippen MR) is 67.6 cm³/mol. The van der Waals surface area contributed by atoms with Gasteiger partial charge in [0.15, 0.2) is 0 Å². The molecule has 0 aliphatic rings. The van der Waals surface area contributed by atoms with Gasteiger partial charge in [-0.3, -0.25) is 0 Å². The number of halogens is 1. The predicted octanol–water partition coefficient (Wildman–Crippen LogP) is 2.53. The van der Waals surface area contributed by atoms with E-state index in [1.165, 1.54) is 6.07 Å². The molecule has 2 rings (SSSR count). The van der Waals surface area contributed by atoms with Crippen molar-refractivity contribution in [3.8, 4) is 0 Å². The number of imidazole rings is 1. The molecular weight excluding hydrogens is 231 g/mol. The third-order valence-electron chi connectivity index (χ3n) is 3.07. The van der Waals surface area contributed by atoms with Gasteiger partial charge in [0.05, 0.1) is 6.10 Å². The van der Waals surface area contributed by atoms with Crippen LogP contribution in [0.5, 0.6) is 0 Å². The Morgan fingerprint density at radius 1 is 1.44 bits per heavy atom. The summed E-state index contributed by atoms with van der Waals surface area (Å²) in [5, 5.41) is 10.0. The lowest BCUT2D eigenvalue weighted by molar-refractivity contribution is 0.162. The number of benzene rings is 1. The summed E-state index contributed by atoms with van der Waals surface area (Å²) in [4.78, 5) is 4.18. The number of aryl methyl sites for hydroxylation is 3. The van der Waals surface area contributed by atoms with Crippen LogP contribution >= 0.6 is 0 Å². The van der Waals surface area contributed by atoms with E-state index in [2.05, 4.69) is 4.98 Å². The summed E-state index contributed by atoms with van der Waals surface area (Å²) in [5.41, 5.74) is 1.31. The average molecular weight is 248 g/mol. The zero-order valence-corrected chi connectivity index (χ0v) is 10.6. The van der Waals surface area contributed by atoms with Crippen LogP contribution in [0.3, 0.4) is 0 Å². The summed E-state index contributed by atoms with van der Waals surface area (Å²) in [6.07, 6.45) is 3.87. The van der Waals surface area contributed by atoms with Crippen molar-refractivity contribution in [2.24, 2.45) is 7.05 Å². The van der Waals surface area contributed by atoms with Gasteiger partial charge in [-0.05, 0) is 19.4 Å². The first-order chi connectivity index (χ1) is 8.58. The highest BCUT2D eigenvalue weighted by atomic mass is 19.1. The van der Waals surface area contributed by atoms with Crippen LogP contribution in [0, 0.1) is 12.7 Å². The first-order valence-electron chi connectivity index (χ1n) is 5.98. The number of aliphatic hydroxyl groups excluding tert-OH is 1. The van der Waals surface area contributed by atoms with Crippen molar-refractivity contribution in [3.05, 3.63) is 53.4 Å². The minimum Gasteiger partial charge on any atom is -0.388 e. The monoisotopic (exact) mass is 248 g/mol. The van der Waals surface area contributed by atoms with E-state index < -0.39 is 6.10 Å². The van der Waals surface area contributed by atoms with Gasteiger partial charge in [-0.15, -0.1) is 0 Å². The molecular formula is C14H17FN2O. The van der Waals surface area contributed by atoms with Gasteiger partial charge in [-0.25, -0.2) is 9.37 Å². The molecule has 1 unspecified atom stereocenters. The van der Waals surface area contributed by atoms with E-state index in [1.807, 2.05) is 24.7 Å². The summed E-state index contributed by atoms with van der Waals surface area (Å²) >= 11 is 0. The Morgan fingerprint density at radius 2 is 2.22 bits per heavy atom. The molecule has 0 aliphatic heterocycles. The van der Waals surface area contributed by atoms with Crippen molar-refractivity contribution in [2.75, 3.05) is 0 Å². The molecule has 1 aromatic heterocycles. The van der Waals surface area contributed by atoms with E-state index in [-0.39, 0.29) is 5.82 Å². The van der Waals surface area contributed by atoms with Crippen molar-refractivity contribution in [1.82, 2.24) is 9.55 Å². The number of hydrogen-bond acceptors (Lipinski definition) is 2. The van der Waals surface area contributed by atoms with E-state index >= 15 is 0 Å². The highest BCUT2D eigenvalue weighted by Crippen LogP contribution is 2.22. The fourth-order valence-corrected chi connectivity index (χ4v) is 1.98. The number of nitrogens with zero attached hydrogens (tertiary/aromatic N) is 2. The molecule has 0 bridgehead atoms. The Kier molecular flexibility index (Phi) is 3.77. The SMILES string of the molecule is Cc1ccc(F)c(C(O)CCc2nccn2C)c1. The summed E-state index contributed by atoms with van der Waals surface area (Å²) < 4.78 is 15.5. The normalized spacial score (nSPS) is 12.7. The van der Waals surface area contributed by atoms with Gasteiger partial charge in [-0.2, -0.15) is 0 Å². The topological polar surface area (TPSA) is 38.1 Å². The van der Waals surface area contributed by atoms with Gasteiger partial charge < -0.3 is 9.67 Å². The molecule has 1 N–H and O–H groups in total. The van der Waals surface area contributed by atoms with Crippen molar-refractivity contribution in [2.45, 2.75) is 25.9 Å². The summed E-state index contributed by atoms with van der Waals surface area (Å²) in [5.74, 6) is 0.537. The molecule has 96 valence electrons. The number of aliphatic hydroxyl groups is 1. The molecule has 3 nitrogen and oxygen atoms in total. The fourth-order valence-electron chi connectivity index (χ4n) is 1.98. The highest BCUT2D eigenvalue weighted by Gasteiger charge is 2.14. The minimum atomic E-state index is -0.790. The maximum Gasteiger partial charge on any atom is 0.129 e. The molecule has 0 amide bonds. The van der Waals surface area contributed by atoms with Gasteiger partial charge in [0, 0.05) is 31.4 Å². The zero-order chi connectivity index (χ0) is 13.1. The second-order valence-corrected chi connectivity index (χ2v) is 4.53. The van der Waals surface area contributed by atoms with Gasteiger partial charge in [0.25, 0.3) is 0 Å². The number of rotatable bonds is 4. The van der Waals surface area contributed by atoms with Crippen molar-refractivity contribution < 1.29 is 9.50 Å². The van der Waals surface area contributed by atoms with E-state index in [1.54, 1.807) is 18.3 Å². The molecule has 0 radical (unpaired) electrons. The summed E-state index contributed by atoms with van der Waals surface area (Å²) in [6, 6.07) is 4.79. The van der Waals surface area contributed by atoms with Crippen LogP contribution in [0.4, 0.5) is 4.39 Å². The Hall–Kier alpha value is -1.68. The quantitative estimate of drug-likeness (QED) is 0.903. The van der Waals surface area contributed by atoms with Gasteiger partial charge in [0.2, 0.25) is 0 Å². The Balaban J connectivity index is 2.06. The smallest absolute Gasteiger partial charge is 0.129 e. The Labute approximate surface area is 106 Å². The lowest BCUT2D eigenvalue weighted by atomic mass is 10.0. The van der Waals surface area contributed by atoms with Gasteiger partial charge >= 0.3 is 0 Å². The summed E-state index contributed by atoms with van der Waals surface area (Å²) in [6.45, 7) is 1.88. The summed E-state index contributed by atoms with van der Waals surface area (Å²) in [7, 11) is 1.90. The number of aromatic nitrogens is 2. The van der Waals surface area contributed by atoms with Gasteiger partial charge in [0.1, 0.15) is 11.6 Å². The third-order valence-corrected chi connectivity index (χ3v) is 3.07. The Bertz CT molecular complexity index is 536. The van der Waals surface area contributed by atoms with Gasteiger partial charge in [-0.1, -0.05) is 17.7 Å². The molecule has 0 spiro atoms. The van der Waals surface area contributed by atoms with E-state index in [4.69, 9.17) is 0 Å². The molecule has 1 aromatic carbocycles. The van der Waals surface area contributed by atoms with Crippen molar-refractivity contribution in [1.29, 1.82) is 0 Å². The van der Waals surface area contributed by atoms with E-state index in [0.717, 1.165) is 11.4 Å². The van der Waals surface area contributed by atoms with E-state index in [0.29, 0.717) is 18.4 Å². The van der Waals surface area contributed by atoms with Crippen LogP contribution < -0.4 is 0 Å². The minimum absolute atomic E-state index is 0.354. The van der Waals surface area contributed by atoms with E-state index in [9.17, 15) is 9.50 Å². The largest absolute Gasteiger partial charge is 0.388 e. The van der Waals surface area contributed by atoms with Crippen LogP contribution in [-0.2, 0) is 13.5 Å². The lowest BCUT2D eigenvalue weighted by Gasteiger charge is -2.12. The molecule has 1 heterocycles. The zero-order valence-electron chi connectivity index (χ0n) is 10.6. The van der Waals surface area contributed by atoms with Crippen LogP contribution in [0.2, 0.25) is 0 Å². The lowest BCUT2D eigenvalue weighted by Crippen LogP contribution is -2.05. The van der Waals surface area contributed by atoms with Crippen LogP contribution in [0.15, 0.2) is 30.6 Å². The fraction of sp³-hybridized carbons (Fsp3) is 0.357. The standard InChI is InChI=1S/C14H17FN2O/c1-10-3-4-12(15)11(9-10)13(18)5-6-14-16-7-8-17(14)2/h3-4,7-9,13,18H,5-6H2,1-2H3. The van der Waals surface area contributed by atoms with Crippen molar-refractivity contribution >= 4 is 0 Å². The van der Waals surface area contributed by atoms with Crippen LogP contribution in [-0.4, -0.2) is 14.7 Å². The first-order valence-corrected chi connectivity index (χ1v) is 5.98. The molecule has 0 saturated carbocycles. The molecule has 0 aliphatic carbocycles. The molecule has 18 heavy (non-hydrogen) atoms. The third kappa shape index (κ3) is 2.76. The number of hydrogen-bond donors (Lipinski definition) is 1. The average Bonchev–Trinajstić information content (AvgIpc) is 2.75. The first kappa shape index (κ1) is 12.8.